The van der Waals surface area contributed by atoms with Gasteiger partial charge in [0.2, 0.25) is 5.95 Å². The molecule has 0 aliphatic heterocycles. The van der Waals surface area contributed by atoms with E-state index in [1.54, 1.807) is 6.20 Å². The molecular formula is C8H14BrN5O. The van der Waals surface area contributed by atoms with Crippen molar-refractivity contribution >= 4 is 27.7 Å². The standard InChI is InChI=1S/C8H14BrN5O/c9-6-5-12-8(14-10)13-7(6)11-3-1-2-4-15/h5,15H,1-4,10H2,(H2,11,12,13,14). The fraction of sp³-hybridized carbons (Fsp3) is 0.500. The van der Waals surface area contributed by atoms with Crippen molar-refractivity contribution in [1.82, 2.24) is 9.97 Å². The monoisotopic (exact) mass is 275 g/mol. The molecule has 7 heteroatoms. The number of halogens is 1. The van der Waals surface area contributed by atoms with Crippen LogP contribution in [0.25, 0.3) is 0 Å². The first-order valence-corrected chi connectivity index (χ1v) is 5.41. The maximum atomic E-state index is 8.61. The predicted octanol–water partition coefficient (Wildman–Crippen LogP) is 0.709. The van der Waals surface area contributed by atoms with E-state index in [4.69, 9.17) is 10.9 Å². The lowest BCUT2D eigenvalue weighted by atomic mass is 10.3. The van der Waals surface area contributed by atoms with E-state index < -0.39 is 0 Å². The Labute approximate surface area is 96.4 Å². The molecule has 0 aliphatic carbocycles. The molecule has 1 aromatic heterocycles. The topological polar surface area (TPSA) is 96.1 Å². The molecule has 0 unspecified atom stereocenters. The summed E-state index contributed by atoms with van der Waals surface area (Å²) in [5.41, 5.74) is 2.37. The van der Waals surface area contributed by atoms with Gasteiger partial charge < -0.3 is 10.4 Å². The number of nitrogens with zero attached hydrogens (tertiary/aromatic N) is 2. The van der Waals surface area contributed by atoms with Crippen LogP contribution in [0, 0.1) is 0 Å². The normalized spacial score (nSPS) is 10.1. The van der Waals surface area contributed by atoms with Crippen LogP contribution in [0.4, 0.5) is 11.8 Å². The molecule has 1 aromatic rings. The molecule has 0 radical (unpaired) electrons. The molecule has 0 amide bonds. The number of aromatic nitrogens is 2. The van der Waals surface area contributed by atoms with Crippen LogP contribution in [0.2, 0.25) is 0 Å². The Balaban J connectivity index is 2.51. The average Bonchev–Trinajstić information content (AvgIpc) is 2.26. The Morgan fingerprint density at radius 1 is 1.47 bits per heavy atom. The van der Waals surface area contributed by atoms with Crippen LogP contribution < -0.4 is 16.6 Å². The van der Waals surface area contributed by atoms with Crippen LogP contribution in [-0.2, 0) is 0 Å². The van der Waals surface area contributed by atoms with Crippen molar-refractivity contribution in [2.24, 2.45) is 5.84 Å². The second-order valence-corrected chi connectivity index (χ2v) is 3.75. The Bertz CT molecular complexity index is 309. The van der Waals surface area contributed by atoms with Crippen LogP contribution in [0.3, 0.4) is 0 Å². The molecule has 0 saturated heterocycles. The van der Waals surface area contributed by atoms with Crippen LogP contribution in [0.15, 0.2) is 10.7 Å². The van der Waals surface area contributed by atoms with Gasteiger partial charge in [0.1, 0.15) is 5.82 Å². The molecule has 1 heterocycles. The smallest absolute Gasteiger partial charge is 0.239 e. The third kappa shape index (κ3) is 3.98. The van der Waals surface area contributed by atoms with Crippen molar-refractivity contribution in [2.75, 3.05) is 23.9 Å². The van der Waals surface area contributed by atoms with Crippen molar-refractivity contribution in [2.45, 2.75) is 12.8 Å². The van der Waals surface area contributed by atoms with Crippen LogP contribution >= 0.6 is 15.9 Å². The van der Waals surface area contributed by atoms with Gasteiger partial charge in [-0.25, -0.2) is 10.8 Å². The van der Waals surface area contributed by atoms with Gasteiger partial charge in [0, 0.05) is 19.3 Å². The summed E-state index contributed by atoms with van der Waals surface area (Å²) < 4.78 is 0.783. The first-order valence-electron chi connectivity index (χ1n) is 4.62. The van der Waals surface area contributed by atoms with E-state index in [-0.39, 0.29) is 6.61 Å². The number of nitrogens with two attached hydrogens (primary N) is 1. The van der Waals surface area contributed by atoms with E-state index >= 15 is 0 Å². The Morgan fingerprint density at radius 2 is 2.27 bits per heavy atom. The third-order valence-electron chi connectivity index (χ3n) is 1.75. The van der Waals surface area contributed by atoms with Gasteiger partial charge in [0.15, 0.2) is 0 Å². The number of nitrogen functional groups attached to an aromatic ring is 1. The largest absolute Gasteiger partial charge is 0.396 e. The summed E-state index contributed by atoms with van der Waals surface area (Å²) in [6, 6.07) is 0. The second-order valence-electron chi connectivity index (χ2n) is 2.89. The Hall–Kier alpha value is -0.920. The lowest BCUT2D eigenvalue weighted by Crippen LogP contribution is -2.12. The summed E-state index contributed by atoms with van der Waals surface area (Å²) in [6.07, 6.45) is 3.28. The van der Waals surface area contributed by atoms with Gasteiger partial charge in [-0.15, -0.1) is 0 Å². The maximum absolute atomic E-state index is 8.61. The number of hydrazine groups is 1. The molecular weight excluding hydrogens is 262 g/mol. The van der Waals surface area contributed by atoms with Crippen molar-refractivity contribution in [3.63, 3.8) is 0 Å². The highest BCUT2D eigenvalue weighted by Gasteiger charge is 2.02. The molecule has 0 spiro atoms. The first kappa shape index (κ1) is 12.2. The highest BCUT2D eigenvalue weighted by molar-refractivity contribution is 9.10. The van der Waals surface area contributed by atoms with Gasteiger partial charge in [0.25, 0.3) is 0 Å². The molecule has 0 bridgehead atoms. The van der Waals surface area contributed by atoms with Gasteiger partial charge in [-0.3, -0.25) is 5.43 Å². The van der Waals surface area contributed by atoms with Gasteiger partial charge >= 0.3 is 0 Å². The van der Waals surface area contributed by atoms with Crippen molar-refractivity contribution in [3.8, 4) is 0 Å². The predicted molar refractivity (Wildman–Crippen MR) is 62.4 cm³/mol. The van der Waals surface area contributed by atoms with Crippen LogP contribution in [0.1, 0.15) is 12.8 Å². The molecule has 84 valence electrons. The minimum Gasteiger partial charge on any atom is -0.396 e. The highest BCUT2D eigenvalue weighted by Crippen LogP contribution is 2.19. The van der Waals surface area contributed by atoms with Crippen molar-refractivity contribution < 1.29 is 5.11 Å². The summed E-state index contributed by atoms with van der Waals surface area (Å²) in [5.74, 6) is 6.25. The number of rotatable bonds is 6. The number of nitrogens with one attached hydrogen (secondary N) is 2. The first-order chi connectivity index (χ1) is 7.27. The van der Waals surface area contributed by atoms with E-state index in [2.05, 4.69) is 36.6 Å². The zero-order valence-electron chi connectivity index (χ0n) is 8.20. The van der Waals surface area contributed by atoms with E-state index in [0.717, 1.165) is 23.9 Å². The van der Waals surface area contributed by atoms with E-state index in [0.29, 0.717) is 11.8 Å². The fourth-order valence-electron chi connectivity index (χ4n) is 1.00. The number of unbranched alkanes of at least 4 members (excludes halogenated alkanes) is 1. The van der Waals surface area contributed by atoms with Crippen LogP contribution in [0.5, 0.6) is 0 Å². The van der Waals surface area contributed by atoms with Gasteiger partial charge in [-0.2, -0.15) is 4.98 Å². The SMILES string of the molecule is NNc1ncc(Br)c(NCCCCO)n1. The van der Waals surface area contributed by atoms with Crippen LogP contribution in [-0.4, -0.2) is 28.2 Å². The maximum Gasteiger partial charge on any atom is 0.239 e. The number of hydrogen-bond acceptors (Lipinski definition) is 6. The lowest BCUT2D eigenvalue weighted by molar-refractivity contribution is 0.286. The number of aliphatic hydroxyl groups is 1. The molecule has 0 atom stereocenters. The molecule has 6 nitrogen and oxygen atoms in total. The van der Waals surface area contributed by atoms with Crippen molar-refractivity contribution in [3.05, 3.63) is 10.7 Å². The summed E-state index contributed by atoms with van der Waals surface area (Å²) in [5, 5.41) is 11.7. The Morgan fingerprint density at radius 3 is 2.93 bits per heavy atom. The van der Waals surface area contributed by atoms with Gasteiger partial charge in [-0.1, -0.05) is 0 Å². The zero-order chi connectivity index (χ0) is 11.1. The highest BCUT2D eigenvalue weighted by atomic mass is 79.9. The molecule has 15 heavy (non-hydrogen) atoms. The fourth-order valence-corrected chi connectivity index (χ4v) is 1.34. The molecule has 1 rings (SSSR count). The van der Waals surface area contributed by atoms with E-state index in [1.807, 2.05) is 0 Å². The lowest BCUT2D eigenvalue weighted by Gasteiger charge is -2.07. The molecule has 0 saturated carbocycles. The number of aliphatic hydroxyl groups excluding tert-OH is 1. The van der Waals surface area contributed by atoms with Gasteiger partial charge in [0.05, 0.1) is 4.47 Å². The van der Waals surface area contributed by atoms with Gasteiger partial charge in [-0.05, 0) is 28.8 Å². The zero-order valence-corrected chi connectivity index (χ0v) is 9.79. The molecule has 5 N–H and O–H groups in total. The minimum atomic E-state index is 0.211. The second kappa shape index (κ2) is 6.54. The average molecular weight is 276 g/mol. The summed E-state index contributed by atoms with van der Waals surface area (Å²) in [6.45, 7) is 0.961. The summed E-state index contributed by atoms with van der Waals surface area (Å²) in [4.78, 5) is 8.05. The van der Waals surface area contributed by atoms with Crippen molar-refractivity contribution in [1.29, 1.82) is 0 Å². The summed E-state index contributed by atoms with van der Waals surface area (Å²) >= 11 is 3.32. The van der Waals surface area contributed by atoms with E-state index in [9.17, 15) is 0 Å². The Kier molecular flexibility index (Phi) is 5.30. The molecule has 0 aromatic carbocycles. The number of hydrogen-bond donors (Lipinski definition) is 4. The summed E-state index contributed by atoms with van der Waals surface area (Å²) in [7, 11) is 0. The minimum absolute atomic E-state index is 0.211. The number of anilines is 2. The van der Waals surface area contributed by atoms with E-state index in [1.165, 1.54) is 0 Å². The molecule has 0 aliphatic rings. The quantitative estimate of drug-likeness (QED) is 0.347. The third-order valence-corrected chi connectivity index (χ3v) is 2.33. The molecule has 0 fully saturated rings.